The fourth-order valence-electron chi connectivity index (χ4n) is 2.19. The second kappa shape index (κ2) is 6.19. The molecule has 3 heterocycles. The number of fused-ring (bicyclic) bond motifs is 1. The lowest BCUT2D eigenvalue weighted by Crippen LogP contribution is -2.16. The number of nitrogen functional groups attached to an aromatic ring is 1. The molecule has 10 heteroatoms. The maximum Gasteiger partial charge on any atom is 0.253 e. The van der Waals surface area contributed by atoms with Gasteiger partial charge in [-0.15, -0.1) is 5.10 Å². The van der Waals surface area contributed by atoms with Crippen molar-refractivity contribution in [1.82, 2.24) is 34.5 Å². The summed E-state index contributed by atoms with van der Waals surface area (Å²) < 4.78 is 1.73. The van der Waals surface area contributed by atoms with E-state index < -0.39 is 0 Å². The topological polar surface area (TPSA) is 111 Å². The highest BCUT2D eigenvalue weighted by Gasteiger charge is 2.18. The van der Waals surface area contributed by atoms with Gasteiger partial charge in [0.15, 0.2) is 0 Å². The third kappa shape index (κ3) is 3.23. The standard InChI is InChI=1S/C14H19N9S/c1-7-6-8(2)23-13(16-7)20-14(21-23)24-9(3)10-17-11(15)19-12(18-10)22(4)5/h6,9H,1-5H3,(H2,15,17,18,19). The van der Waals surface area contributed by atoms with Gasteiger partial charge >= 0.3 is 0 Å². The van der Waals surface area contributed by atoms with Gasteiger partial charge in [0, 0.05) is 25.5 Å². The molecule has 0 aliphatic carbocycles. The van der Waals surface area contributed by atoms with Crippen LogP contribution in [0.3, 0.4) is 0 Å². The Kier molecular flexibility index (Phi) is 4.22. The Morgan fingerprint density at radius 3 is 2.58 bits per heavy atom. The molecule has 0 aliphatic rings. The average Bonchev–Trinajstić information content (AvgIpc) is 2.89. The first kappa shape index (κ1) is 16.4. The Morgan fingerprint density at radius 2 is 1.88 bits per heavy atom. The van der Waals surface area contributed by atoms with E-state index in [4.69, 9.17) is 5.73 Å². The molecule has 24 heavy (non-hydrogen) atoms. The number of anilines is 2. The number of nitrogens with two attached hydrogens (primary N) is 1. The van der Waals surface area contributed by atoms with E-state index in [0.717, 1.165) is 11.4 Å². The molecule has 0 bridgehead atoms. The van der Waals surface area contributed by atoms with E-state index in [0.29, 0.717) is 22.7 Å². The Morgan fingerprint density at radius 1 is 1.12 bits per heavy atom. The van der Waals surface area contributed by atoms with Crippen LogP contribution in [0.4, 0.5) is 11.9 Å². The lowest BCUT2D eigenvalue weighted by molar-refractivity contribution is 0.832. The first-order valence-corrected chi connectivity index (χ1v) is 8.28. The largest absolute Gasteiger partial charge is 0.368 e. The smallest absolute Gasteiger partial charge is 0.253 e. The zero-order valence-electron chi connectivity index (χ0n) is 14.2. The van der Waals surface area contributed by atoms with Crippen LogP contribution < -0.4 is 10.6 Å². The third-order valence-corrected chi connectivity index (χ3v) is 4.25. The van der Waals surface area contributed by atoms with Crippen LogP contribution in [0.2, 0.25) is 0 Å². The van der Waals surface area contributed by atoms with Crippen molar-refractivity contribution in [2.75, 3.05) is 24.7 Å². The van der Waals surface area contributed by atoms with Crippen molar-refractivity contribution >= 4 is 29.4 Å². The third-order valence-electron chi connectivity index (χ3n) is 3.30. The summed E-state index contributed by atoms with van der Waals surface area (Å²) in [5.74, 6) is 1.91. The first-order chi connectivity index (χ1) is 11.3. The second-order valence-electron chi connectivity index (χ2n) is 5.65. The van der Waals surface area contributed by atoms with Crippen molar-refractivity contribution in [2.45, 2.75) is 31.2 Å². The molecule has 3 aromatic rings. The maximum atomic E-state index is 5.78. The zero-order valence-corrected chi connectivity index (χ0v) is 15.0. The molecule has 0 radical (unpaired) electrons. The number of hydrogen-bond donors (Lipinski definition) is 1. The monoisotopic (exact) mass is 345 g/mol. The minimum absolute atomic E-state index is 0.0761. The van der Waals surface area contributed by atoms with E-state index in [2.05, 4.69) is 30.0 Å². The van der Waals surface area contributed by atoms with Gasteiger partial charge in [0.25, 0.3) is 5.78 Å². The van der Waals surface area contributed by atoms with E-state index in [-0.39, 0.29) is 11.2 Å². The quantitative estimate of drug-likeness (QED) is 0.702. The minimum Gasteiger partial charge on any atom is -0.368 e. The molecule has 3 aromatic heterocycles. The van der Waals surface area contributed by atoms with Gasteiger partial charge in [-0.05, 0) is 26.8 Å². The summed E-state index contributed by atoms with van der Waals surface area (Å²) in [6, 6.07) is 1.97. The number of rotatable bonds is 4. The first-order valence-electron chi connectivity index (χ1n) is 7.40. The highest BCUT2D eigenvalue weighted by Crippen LogP contribution is 2.31. The van der Waals surface area contributed by atoms with Crippen molar-refractivity contribution < 1.29 is 0 Å². The van der Waals surface area contributed by atoms with Gasteiger partial charge in [0.1, 0.15) is 5.82 Å². The normalized spacial score (nSPS) is 12.5. The van der Waals surface area contributed by atoms with Crippen LogP contribution in [0.25, 0.3) is 5.78 Å². The highest BCUT2D eigenvalue weighted by molar-refractivity contribution is 7.99. The van der Waals surface area contributed by atoms with E-state index in [9.17, 15) is 0 Å². The number of thioether (sulfide) groups is 1. The number of aromatic nitrogens is 7. The van der Waals surface area contributed by atoms with Gasteiger partial charge in [-0.2, -0.15) is 19.9 Å². The van der Waals surface area contributed by atoms with E-state index in [1.165, 1.54) is 11.8 Å². The molecule has 1 unspecified atom stereocenters. The molecular formula is C14H19N9S. The van der Waals surface area contributed by atoms with Gasteiger partial charge in [0.05, 0.1) is 5.25 Å². The van der Waals surface area contributed by atoms with E-state index in [1.807, 2.05) is 40.9 Å². The number of nitrogens with zero attached hydrogens (tertiary/aromatic N) is 8. The Hall–Kier alpha value is -2.49. The molecule has 0 saturated carbocycles. The van der Waals surface area contributed by atoms with Crippen molar-refractivity contribution in [2.24, 2.45) is 0 Å². The molecule has 0 saturated heterocycles. The predicted octanol–water partition coefficient (Wildman–Crippen LogP) is 1.43. The molecule has 0 aromatic carbocycles. The summed E-state index contributed by atoms with van der Waals surface area (Å²) in [6.07, 6.45) is 0. The average molecular weight is 345 g/mol. The fraction of sp³-hybridized carbons (Fsp3) is 0.429. The molecule has 126 valence electrons. The highest BCUT2D eigenvalue weighted by atomic mass is 32.2. The van der Waals surface area contributed by atoms with E-state index in [1.54, 1.807) is 9.42 Å². The Balaban J connectivity index is 1.90. The fourth-order valence-corrected chi connectivity index (χ4v) is 2.98. The number of hydrogen-bond acceptors (Lipinski definition) is 9. The molecule has 2 N–H and O–H groups in total. The van der Waals surface area contributed by atoms with Gasteiger partial charge < -0.3 is 10.6 Å². The summed E-state index contributed by atoms with van der Waals surface area (Å²) in [6.45, 7) is 5.90. The maximum absolute atomic E-state index is 5.78. The van der Waals surface area contributed by atoms with Crippen molar-refractivity contribution in [3.05, 3.63) is 23.3 Å². The Bertz CT molecular complexity index is 889. The van der Waals surface area contributed by atoms with Gasteiger partial charge in [-0.3, -0.25) is 0 Å². The summed E-state index contributed by atoms with van der Waals surface area (Å²) in [5.41, 5.74) is 7.69. The molecular weight excluding hydrogens is 326 g/mol. The molecule has 3 rings (SSSR count). The summed E-state index contributed by atoms with van der Waals surface area (Å²) in [7, 11) is 3.72. The molecule has 0 amide bonds. The zero-order chi connectivity index (χ0) is 17.4. The molecule has 0 fully saturated rings. The minimum atomic E-state index is -0.0761. The van der Waals surface area contributed by atoms with Crippen LogP contribution in [0.15, 0.2) is 11.2 Å². The molecule has 0 spiro atoms. The molecule has 1 atom stereocenters. The lowest BCUT2D eigenvalue weighted by atomic mass is 10.4. The van der Waals surface area contributed by atoms with Crippen LogP contribution >= 0.6 is 11.8 Å². The Labute approximate surface area is 143 Å². The van der Waals surface area contributed by atoms with Crippen molar-refractivity contribution in [3.8, 4) is 0 Å². The summed E-state index contributed by atoms with van der Waals surface area (Å²) in [5, 5.41) is 5.04. The van der Waals surface area contributed by atoms with E-state index >= 15 is 0 Å². The summed E-state index contributed by atoms with van der Waals surface area (Å²) in [4.78, 5) is 23.4. The van der Waals surface area contributed by atoms with Crippen molar-refractivity contribution in [3.63, 3.8) is 0 Å². The molecule has 9 nitrogen and oxygen atoms in total. The van der Waals surface area contributed by atoms with Crippen LogP contribution in [0.5, 0.6) is 0 Å². The molecule has 0 aliphatic heterocycles. The van der Waals surface area contributed by atoms with Gasteiger partial charge in [-0.25, -0.2) is 9.50 Å². The second-order valence-corrected chi connectivity index (χ2v) is 6.96. The number of aryl methyl sites for hydroxylation is 2. The predicted molar refractivity (Wildman–Crippen MR) is 93.1 cm³/mol. The lowest BCUT2D eigenvalue weighted by Gasteiger charge is -2.13. The van der Waals surface area contributed by atoms with Gasteiger partial charge in [-0.1, -0.05) is 11.8 Å². The van der Waals surface area contributed by atoms with Crippen LogP contribution in [-0.4, -0.2) is 48.6 Å². The van der Waals surface area contributed by atoms with Crippen LogP contribution in [0, 0.1) is 13.8 Å². The SMILES string of the molecule is Cc1cc(C)n2nc(SC(C)c3nc(N)nc(N(C)C)n3)nc2n1. The summed E-state index contributed by atoms with van der Waals surface area (Å²) >= 11 is 1.46. The van der Waals surface area contributed by atoms with Crippen LogP contribution in [-0.2, 0) is 0 Å². The van der Waals surface area contributed by atoms with Crippen molar-refractivity contribution in [1.29, 1.82) is 0 Å². The van der Waals surface area contributed by atoms with Gasteiger partial charge in [0.2, 0.25) is 17.1 Å². The van der Waals surface area contributed by atoms with Crippen LogP contribution in [0.1, 0.15) is 29.4 Å².